The van der Waals surface area contributed by atoms with E-state index in [0.717, 1.165) is 16.8 Å². The number of carbonyl (C=O) groups is 1. The summed E-state index contributed by atoms with van der Waals surface area (Å²) in [5.74, 6) is 0.545. The lowest BCUT2D eigenvalue weighted by atomic mass is 10.1. The van der Waals surface area contributed by atoms with E-state index in [2.05, 4.69) is 29.4 Å². The Morgan fingerprint density at radius 1 is 1.10 bits per heavy atom. The number of thioether (sulfide) groups is 1. The molecule has 3 rings (SSSR count). The number of carbonyl (C=O) groups excluding carboxylic acids is 1. The monoisotopic (exact) mass is 412 g/mol. The molecule has 0 aliphatic heterocycles. The van der Waals surface area contributed by atoms with Gasteiger partial charge in [0.2, 0.25) is 5.91 Å². The topological polar surface area (TPSA) is 59.8 Å². The summed E-state index contributed by atoms with van der Waals surface area (Å²) in [6.45, 7) is 8.73. The molecule has 0 atom stereocenters. The number of nitrogens with one attached hydrogen (secondary N) is 1. The summed E-state index contributed by atoms with van der Waals surface area (Å²) >= 11 is 1.30. The fourth-order valence-electron chi connectivity index (χ4n) is 3.08. The van der Waals surface area contributed by atoms with Crippen molar-refractivity contribution in [2.45, 2.75) is 39.4 Å². The van der Waals surface area contributed by atoms with Crippen molar-refractivity contribution in [3.8, 4) is 11.4 Å². The Bertz CT molecular complexity index is 996. The van der Waals surface area contributed by atoms with E-state index in [1.165, 1.54) is 17.8 Å². The highest BCUT2D eigenvalue weighted by atomic mass is 32.2. The minimum Gasteiger partial charge on any atom is -0.325 e. The standard InChI is InChI=1S/C22H25FN4OS/c1-14(2)12-27-21(17-10-5-6-11-18(17)23)25-26-22(27)29-13-19(28)24-20-15(3)8-7-9-16(20)4/h5-11,14H,12-13H2,1-4H3,(H,24,28). The number of nitrogens with zero attached hydrogens (tertiary/aromatic N) is 3. The third-order valence-corrected chi connectivity index (χ3v) is 5.42. The highest BCUT2D eigenvalue weighted by molar-refractivity contribution is 7.99. The molecular formula is C22H25FN4OS. The molecule has 0 fully saturated rings. The van der Waals surface area contributed by atoms with Gasteiger partial charge in [-0.25, -0.2) is 4.39 Å². The number of benzene rings is 2. The van der Waals surface area contributed by atoms with E-state index in [0.29, 0.717) is 29.0 Å². The molecule has 0 spiro atoms. The quantitative estimate of drug-likeness (QED) is 0.549. The van der Waals surface area contributed by atoms with Crippen molar-refractivity contribution >= 4 is 23.4 Å². The summed E-state index contributed by atoms with van der Waals surface area (Å²) in [4.78, 5) is 12.5. The van der Waals surface area contributed by atoms with Gasteiger partial charge in [-0.1, -0.05) is 55.9 Å². The lowest BCUT2D eigenvalue weighted by Crippen LogP contribution is -2.16. The second-order valence-electron chi connectivity index (χ2n) is 7.39. The van der Waals surface area contributed by atoms with E-state index in [1.54, 1.807) is 18.2 Å². The number of hydrogen-bond donors (Lipinski definition) is 1. The van der Waals surface area contributed by atoms with Crippen LogP contribution in [0.2, 0.25) is 0 Å². The van der Waals surface area contributed by atoms with Crippen molar-refractivity contribution in [2.75, 3.05) is 11.1 Å². The van der Waals surface area contributed by atoms with Crippen LogP contribution in [0.1, 0.15) is 25.0 Å². The minimum absolute atomic E-state index is 0.112. The van der Waals surface area contributed by atoms with Crippen LogP contribution in [-0.4, -0.2) is 26.4 Å². The first-order chi connectivity index (χ1) is 13.9. The summed E-state index contributed by atoms with van der Waals surface area (Å²) in [6.07, 6.45) is 0. The Morgan fingerprint density at radius 2 is 1.79 bits per heavy atom. The van der Waals surface area contributed by atoms with Crippen LogP contribution in [0.5, 0.6) is 0 Å². The molecular weight excluding hydrogens is 387 g/mol. The molecule has 1 heterocycles. The molecule has 0 aliphatic carbocycles. The average Bonchev–Trinajstić information content (AvgIpc) is 3.05. The average molecular weight is 413 g/mol. The zero-order valence-electron chi connectivity index (χ0n) is 17.1. The molecule has 2 aromatic carbocycles. The van der Waals surface area contributed by atoms with Gasteiger partial charge in [0.15, 0.2) is 11.0 Å². The van der Waals surface area contributed by atoms with Crippen molar-refractivity contribution in [1.82, 2.24) is 14.8 Å². The summed E-state index contributed by atoms with van der Waals surface area (Å²) in [5, 5.41) is 12.0. The number of amides is 1. The molecule has 1 aromatic heterocycles. The van der Waals surface area contributed by atoms with Crippen molar-refractivity contribution < 1.29 is 9.18 Å². The maximum atomic E-state index is 14.3. The van der Waals surface area contributed by atoms with Gasteiger partial charge in [-0.15, -0.1) is 10.2 Å². The van der Waals surface area contributed by atoms with E-state index in [-0.39, 0.29) is 17.5 Å². The van der Waals surface area contributed by atoms with Gasteiger partial charge in [-0.2, -0.15) is 0 Å². The molecule has 29 heavy (non-hydrogen) atoms. The summed E-state index contributed by atoms with van der Waals surface area (Å²) in [5.41, 5.74) is 3.29. The van der Waals surface area contributed by atoms with Gasteiger partial charge >= 0.3 is 0 Å². The molecule has 7 heteroatoms. The van der Waals surface area contributed by atoms with E-state index >= 15 is 0 Å². The van der Waals surface area contributed by atoms with E-state index in [1.807, 2.05) is 36.6 Å². The molecule has 3 aromatic rings. The lowest BCUT2D eigenvalue weighted by Gasteiger charge is -2.13. The van der Waals surface area contributed by atoms with Gasteiger partial charge in [0.1, 0.15) is 5.82 Å². The molecule has 0 radical (unpaired) electrons. The van der Waals surface area contributed by atoms with Crippen molar-refractivity contribution in [3.63, 3.8) is 0 Å². The lowest BCUT2D eigenvalue weighted by molar-refractivity contribution is -0.113. The van der Waals surface area contributed by atoms with Crippen LogP contribution in [0.25, 0.3) is 11.4 Å². The largest absolute Gasteiger partial charge is 0.325 e. The first kappa shape index (κ1) is 21.0. The Balaban J connectivity index is 1.79. The van der Waals surface area contributed by atoms with E-state index in [4.69, 9.17) is 0 Å². The normalized spacial score (nSPS) is 11.1. The highest BCUT2D eigenvalue weighted by Gasteiger charge is 2.19. The Kier molecular flexibility index (Phi) is 6.69. The van der Waals surface area contributed by atoms with Gasteiger partial charge in [-0.05, 0) is 43.0 Å². The van der Waals surface area contributed by atoms with Crippen LogP contribution in [0.3, 0.4) is 0 Å². The number of aromatic nitrogens is 3. The molecule has 1 amide bonds. The molecule has 0 unspecified atom stereocenters. The minimum atomic E-state index is -0.339. The Labute approximate surface area is 174 Å². The van der Waals surface area contributed by atoms with E-state index < -0.39 is 0 Å². The zero-order valence-corrected chi connectivity index (χ0v) is 17.9. The number of halogens is 1. The van der Waals surface area contributed by atoms with Crippen LogP contribution >= 0.6 is 11.8 Å². The molecule has 0 saturated carbocycles. The highest BCUT2D eigenvalue weighted by Crippen LogP contribution is 2.27. The summed E-state index contributed by atoms with van der Waals surface area (Å²) in [7, 11) is 0. The van der Waals surface area contributed by atoms with Crippen molar-refractivity contribution in [2.24, 2.45) is 5.92 Å². The van der Waals surface area contributed by atoms with Gasteiger partial charge in [0.25, 0.3) is 0 Å². The van der Waals surface area contributed by atoms with E-state index in [9.17, 15) is 9.18 Å². The van der Waals surface area contributed by atoms with Crippen LogP contribution in [-0.2, 0) is 11.3 Å². The first-order valence-corrected chi connectivity index (χ1v) is 10.5. The van der Waals surface area contributed by atoms with Crippen molar-refractivity contribution in [3.05, 3.63) is 59.4 Å². The SMILES string of the molecule is Cc1cccc(C)c1NC(=O)CSc1nnc(-c2ccccc2F)n1CC(C)C. The number of rotatable bonds is 7. The van der Waals surface area contributed by atoms with Crippen LogP contribution in [0, 0.1) is 25.6 Å². The first-order valence-electron chi connectivity index (χ1n) is 9.53. The third-order valence-electron chi connectivity index (χ3n) is 4.46. The van der Waals surface area contributed by atoms with Crippen LogP contribution in [0.4, 0.5) is 10.1 Å². The predicted octanol–water partition coefficient (Wildman–Crippen LogP) is 5.09. The fourth-order valence-corrected chi connectivity index (χ4v) is 3.83. The van der Waals surface area contributed by atoms with Gasteiger partial charge in [0, 0.05) is 12.2 Å². The smallest absolute Gasteiger partial charge is 0.234 e. The molecule has 0 saturated heterocycles. The number of hydrogen-bond acceptors (Lipinski definition) is 4. The Hall–Kier alpha value is -2.67. The number of anilines is 1. The second-order valence-corrected chi connectivity index (χ2v) is 8.34. The summed E-state index contributed by atoms with van der Waals surface area (Å²) < 4.78 is 16.2. The number of para-hydroxylation sites is 1. The van der Waals surface area contributed by atoms with Crippen LogP contribution in [0.15, 0.2) is 47.6 Å². The second kappa shape index (κ2) is 9.22. The summed E-state index contributed by atoms with van der Waals surface area (Å²) in [6, 6.07) is 12.4. The molecule has 0 aliphatic rings. The van der Waals surface area contributed by atoms with Crippen molar-refractivity contribution in [1.29, 1.82) is 0 Å². The van der Waals surface area contributed by atoms with Crippen LogP contribution < -0.4 is 5.32 Å². The molecule has 0 bridgehead atoms. The zero-order chi connectivity index (χ0) is 21.0. The maximum Gasteiger partial charge on any atom is 0.234 e. The fraction of sp³-hybridized carbons (Fsp3) is 0.318. The predicted molar refractivity (Wildman–Crippen MR) is 116 cm³/mol. The van der Waals surface area contributed by atoms with Gasteiger partial charge in [-0.3, -0.25) is 4.79 Å². The van der Waals surface area contributed by atoms with Gasteiger partial charge < -0.3 is 9.88 Å². The third kappa shape index (κ3) is 5.03. The maximum absolute atomic E-state index is 14.3. The molecule has 152 valence electrons. The molecule has 5 nitrogen and oxygen atoms in total. The molecule has 1 N–H and O–H groups in total. The number of aryl methyl sites for hydroxylation is 2. The van der Waals surface area contributed by atoms with Gasteiger partial charge in [0.05, 0.1) is 11.3 Å². The Morgan fingerprint density at radius 3 is 2.45 bits per heavy atom.